The van der Waals surface area contributed by atoms with E-state index in [1.165, 1.54) is 0 Å². The maximum Gasteiger partial charge on any atom is 0.305 e. The van der Waals surface area contributed by atoms with Crippen LogP contribution in [0.2, 0.25) is 0 Å². The Morgan fingerprint density at radius 2 is 1.79 bits per heavy atom. The second-order valence-electron chi connectivity index (χ2n) is 5.59. The van der Waals surface area contributed by atoms with Crippen molar-refractivity contribution in [2.45, 2.75) is 25.8 Å². The molecule has 2 rings (SSSR count). The van der Waals surface area contributed by atoms with E-state index in [2.05, 4.69) is 5.32 Å². The zero-order valence-electron chi connectivity index (χ0n) is 13.8. The van der Waals surface area contributed by atoms with Gasteiger partial charge in [-0.1, -0.05) is 36.4 Å². The van der Waals surface area contributed by atoms with Crippen LogP contribution in [0.5, 0.6) is 5.75 Å². The molecule has 0 radical (unpaired) electrons. The molecule has 2 aromatic rings. The molecule has 126 valence electrons. The minimum Gasteiger partial charge on any atom is -0.497 e. The molecule has 24 heavy (non-hydrogen) atoms. The van der Waals surface area contributed by atoms with Gasteiger partial charge in [0, 0.05) is 0 Å². The van der Waals surface area contributed by atoms with Crippen LogP contribution in [0.25, 0.3) is 0 Å². The quantitative estimate of drug-likeness (QED) is 0.820. The molecule has 2 N–H and O–H groups in total. The van der Waals surface area contributed by atoms with Crippen LogP contribution < -0.4 is 10.1 Å². The standard InChI is InChI=1S/C19H21NO4/c1-13-5-3-4-6-15(13)11-18(21)20-17(12-19(22)23)14-7-9-16(24-2)10-8-14/h3-10,17H,11-12H2,1-2H3,(H,20,21)(H,22,23)/t17-/m0/s1. The number of amides is 1. The molecule has 0 spiro atoms. The molecule has 0 unspecified atom stereocenters. The molecular weight excluding hydrogens is 306 g/mol. The summed E-state index contributed by atoms with van der Waals surface area (Å²) >= 11 is 0. The normalized spacial score (nSPS) is 11.6. The largest absolute Gasteiger partial charge is 0.497 e. The van der Waals surface area contributed by atoms with Gasteiger partial charge in [0.05, 0.1) is 26.0 Å². The average molecular weight is 327 g/mol. The van der Waals surface area contributed by atoms with E-state index in [1.807, 2.05) is 31.2 Å². The Hall–Kier alpha value is -2.82. The summed E-state index contributed by atoms with van der Waals surface area (Å²) in [5.41, 5.74) is 2.70. The maximum atomic E-state index is 12.3. The van der Waals surface area contributed by atoms with Crippen molar-refractivity contribution >= 4 is 11.9 Å². The van der Waals surface area contributed by atoms with E-state index in [4.69, 9.17) is 9.84 Å². The highest BCUT2D eigenvalue weighted by Gasteiger charge is 2.18. The Balaban J connectivity index is 2.11. The molecule has 2 aromatic carbocycles. The molecule has 0 saturated carbocycles. The monoisotopic (exact) mass is 327 g/mol. The van der Waals surface area contributed by atoms with Gasteiger partial charge in [0.1, 0.15) is 5.75 Å². The lowest BCUT2D eigenvalue weighted by molar-refractivity contribution is -0.137. The van der Waals surface area contributed by atoms with E-state index in [-0.39, 0.29) is 18.7 Å². The second kappa shape index (κ2) is 8.15. The molecule has 5 heteroatoms. The highest BCUT2D eigenvalue weighted by molar-refractivity contribution is 5.80. The number of carboxylic acid groups (broad SMARTS) is 1. The number of carbonyl (C=O) groups excluding carboxylic acids is 1. The first-order chi connectivity index (χ1) is 11.5. The fourth-order valence-electron chi connectivity index (χ4n) is 2.49. The van der Waals surface area contributed by atoms with Gasteiger partial charge in [-0.3, -0.25) is 9.59 Å². The SMILES string of the molecule is COc1ccc([C@H](CC(=O)O)NC(=O)Cc2ccccc2C)cc1. The van der Waals surface area contributed by atoms with E-state index in [9.17, 15) is 9.59 Å². The molecule has 0 aliphatic rings. The molecular formula is C19H21NO4. The number of carbonyl (C=O) groups is 2. The molecule has 0 fully saturated rings. The van der Waals surface area contributed by atoms with Gasteiger partial charge < -0.3 is 15.2 Å². The molecule has 5 nitrogen and oxygen atoms in total. The van der Waals surface area contributed by atoms with Crippen molar-refractivity contribution in [2.75, 3.05) is 7.11 Å². The summed E-state index contributed by atoms with van der Waals surface area (Å²) < 4.78 is 5.10. The summed E-state index contributed by atoms with van der Waals surface area (Å²) in [6, 6.07) is 14.1. The molecule has 0 aliphatic heterocycles. The Kier molecular flexibility index (Phi) is 5.95. The minimum atomic E-state index is -0.966. The Morgan fingerprint density at radius 3 is 2.38 bits per heavy atom. The van der Waals surface area contributed by atoms with Crippen LogP contribution in [0, 0.1) is 6.92 Å². The van der Waals surface area contributed by atoms with E-state index < -0.39 is 12.0 Å². The summed E-state index contributed by atoms with van der Waals surface area (Å²) in [4.78, 5) is 23.4. The molecule has 1 atom stereocenters. The van der Waals surface area contributed by atoms with Crippen LogP contribution in [-0.4, -0.2) is 24.1 Å². The van der Waals surface area contributed by atoms with Crippen molar-refractivity contribution in [3.8, 4) is 5.75 Å². The minimum absolute atomic E-state index is 0.175. The van der Waals surface area contributed by atoms with Crippen molar-refractivity contribution < 1.29 is 19.4 Å². The van der Waals surface area contributed by atoms with Gasteiger partial charge in [-0.15, -0.1) is 0 Å². The first-order valence-corrected chi connectivity index (χ1v) is 7.69. The number of hydrogen-bond donors (Lipinski definition) is 2. The molecule has 0 aromatic heterocycles. The van der Waals surface area contributed by atoms with Crippen LogP contribution >= 0.6 is 0 Å². The van der Waals surface area contributed by atoms with Crippen LogP contribution in [0.1, 0.15) is 29.2 Å². The van der Waals surface area contributed by atoms with Crippen molar-refractivity contribution in [3.63, 3.8) is 0 Å². The third-order valence-electron chi connectivity index (χ3n) is 3.84. The van der Waals surface area contributed by atoms with Gasteiger partial charge in [-0.2, -0.15) is 0 Å². The molecule has 0 aliphatic carbocycles. The first kappa shape index (κ1) is 17.5. The van der Waals surface area contributed by atoms with Gasteiger partial charge >= 0.3 is 5.97 Å². The van der Waals surface area contributed by atoms with Gasteiger partial charge in [0.2, 0.25) is 5.91 Å². The van der Waals surface area contributed by atoms with Crippen LogP contribution in [-0.2, 0) is 16.0 Å². The fraction of sp³-hybridized carbons (Fsp3) is 0.263. The average Bonchev–Trinajstić information content (AvgIpc) is 2.56. The summed E-state index contributed by atoms with van der Waals surface area (Å²) in [5, 5.41) is 11.9. The highest BCUT2D eigenvalue weighted by Crippen LogP contribution is 2.21. The van der Waals surface area contributed by atoms with Crippen molar-refractivity contribution in [1.82, 2.24) is 5.32 Å². The summed E-state index contributed by atoms with van der Waals surface area (Å²) in [7, 11) is 1.56. The smallest absolute Gasteiger partial charge is 0.305 e. The maximum absolute atomic E-state index is 12.3. The predicted octanol–water partition coefficient (Wildman–Crippen LogP) is 2.88. The fourth-order valence-corrected chi connectivity index (χ4v) is 2.49. The third-order valence-corrected chi connectivity index (χ3v) is 3.84. The van der Waals surface area contributed by atoms with E-state index in [0.29, 0.717) is 5.75 Å². The van der Waals surface area contributed by atoms with Crippen LogP contribution in [0.3, 0.4) is 0 Å². The van der Waals surface area contributed by atoms with Gasteiger partial charge in [-0.05, 0) is 35.7 Å². The zero-order chi connectivity index (χ0) is 17.5. The lowest BCUT2D eigenvalue weighted by Crippen LogP contribution is -2.31. The van der Waals surface area contributed by atoms with Crippen molar-refractivity contribution in [3.05, 3.63) is 65.2 Å². The number of carboxylic acids is 1. The van der Waals surface area contributed by atoms with Crippen LogP contribution in [0.4, 0.5) is 0 Å². The number of nitrogens with one attached hydrogen (secondary N) is 1. The Bertz CT molecular complexity index is 710. The highest BCUT2D eigenvalue weighted by atomic mass is 16.5. The molecule has 0 bridgehead atoms. The first-order valence-electron chi connectivity index (χ1n) is 7.69. The topological polar surface area (TPSA) is 75.6 Å². The number of benzene rings is 2. The van der Waals surface area contributed by atoms with Crippen molar-refractivity contribution in [1.29, 1.82) is 0 Å². The number of ether oxygens (including phenoxy) is 1. The predicted molar refractivity (Wildman–Crippen MR) is 91.0 cm³/mol. The lowest BCUT2D eigenvalue weighted by atomic mass is 10.0. The zero-order valence-corrected chi connectivity index (χ0v) is 13.8. The lowest BCUT2D eigenvalue weighted by Gasteiger charge is -2.18. The Labute approximate surface area is 141 Å². The van der Waals surface area contributed by atoms with Crippen LogP contribution in [0.15, 0.2) is 48.5 Å². The summed E-state index contributed by atoms with van der Waals surface area (Å²) in [5.74, 6) is -0.488. The number of aliphatic carboxylic acids is 1. The van der Waals surface area contributed by atoms with Gasteiger partial charge in [0.15, 0.2) is 0 Å². The van der Waals surface area contributed by atoms with Gasteiger partial charge in [0.25, 0.3) is 0 Å². The molecule has 0 heterocycles. The van der Waals surface area contributed by atoms with E-state index in [1.54, 1.807) is 31.4 Å². The Morgan fingerprint density at radius 1 is 1.12 bits per heavy atom. The molecule has 1 amide bonds. The second-order valence-corrected chi connectivity index (χ2v) is 5.59. The molecule has 0 saturated heterocycles. The van der Waals surface area contributed by atoms with E-state index >= 15 is 0 Å². The van der Waals surface area contributed by atoms with Crippen molar-refractivity contribution in [2.24, 2.45) is 0 Å². The number of hydrogen-bond acceptors (Lipinski definition) is 3. The number of aryl methyl sites for hydroxylation is 1. The number of rotatable bonds is 7. The number of methoxy groups -OCH3 is 1. The third kappa shape index (κ3) is 4.84. The summed E-state index contributed by atoms with van der Waals surface area (Å²) in [6.45, 7) is 1.95. The summed E-state index contributed by atoms with van der Waals surface area (Å²) in [6.07, 6.45) is 0.0464. The van der Waals surface area contributed by atoms with Gasteiger partial charge in [-0.25, -0.2) is 0 Å². The van der Waals surface area contributed by atoms with E-state index in [0.717, 1.165) is 16.7 Å².